The summed E-state index contributed by atoms with van der Waals surface area (Å²) in [6, 6.07) is 3.87. The molecule has 2 aromatic rings. The number of pyridine rings is 1. The van der Waals surface area contributed by atoms with Gasteiger partial charge in [0.2, 0.25) is 17.7 Å². The zero-order valence-corrected chi connectivity index (χ0v) is 16.7. The zero-order chi connectivity index (χ0) is 21.8. The second-order valence-electron chi connectivity index (χ2n) is 5.50. The van der Waals surface area contributed by atoms with Gasteiger partial charge in [-0.2, -0.15) is 18.4 Å². The number of rotatable bonds is 7. The highest BCUT2D eigenvalue weighted by Gasteiger charge is 2.35. The van der Waals surface area contributed by atoms with Crippen LogP contribution in [0.4, 0.5) is 10.7 Å². The van der Waals surface area contributed by atoms with E-state index in [0.717, 1.165) is 11.1 Å². The summed E-state index contributed by atoms with van der Waals surface area (Å²) in [5.41, 5.74) is 1.75. The Morgan fingerprint density at radius 1 is 1.14 bits per heavy atom. The SMILES string of the molecule is COc1cc(OC)nc(NN(C(=O)O)S(=O)(=O)c2ncccc2C(=O)N(C)C)n1. The number of hydrogen-bond donors (Lipinski definition) is 2. The molecule has 0 aliphatic heterocycles. The molecule has 0 fully saturated rings. The number of sulfonamides is 1. The van der Waals surface area contributed by atoms with E-state index in [1.54, 1.807) is 0 Å². The molecular weight excluding hydrogens is 408 g/mol. The van der Waals surface area contributed by atoms with Crippen molar-refractivity contribution in [2.24, 2.45) is 0 Å². The molecule has 2 heterocycles. The number of aromatic nitrogens is 3. The number of methoxy groups -OCH3 is 2. The molecule has 0 radical (unpaired) electrons. The van der Waals surface area contributed by atoms with Gasteiger partial charge in [0.1, 0.15) is 0 Å². The zero-order valence-electron chi connectivity index (χ0n) is 15.9. The van der Waals surface area contributed by atoms with E-state index in [2.05, 4.69) is 20.4 Å². The third kappa shape index (κ3) is 4.60. The van der Waals surface area contributed by atoms with E-state index in [4.69, 9.17) is 9.47 Å². The average molecular weight is 426 g/mol. The standard InChI is InChI=1S/C15H18N6O7S/c1-20(2)13(22)9-6-5-7-16-12(9)29(25,26)21(15(23)24)19-14-17-10(27-3)8-11(18-14)28-4/h5-8H,1-4H3,(H,23,24)(H,17,18,19). The number of amides is 2. The number of ether oxygens (including phenoxy) is 2. The van der Waals surface area contributed by atoms with E-state index in [0.29, 0.717) is 0 Å². The van der Waals surface area contributed by atoms with Gasteiger partial charge < -0.3 is 19.5 Å². The van der Waals surface area contributed by atoms with Crippen LogP contribution >= 0.6 is 0 Å². The summed E-state index contributed by atoms with van der Waals surface area (Å²) in [7, 11) is 0.571. The van der Waals surface area contributed by atoms with E-state index in [9.17, 15) is 23.1 Å². The van der Waals surface area contributed by atoms with Crippen LogP contribution < -0.4 is 14.9 Å². The molecule has 156 valence electrons. The topological polar surface area (TPSA) is 164 Å². The molecule has 0 aliphatic rings. The molecule has 2 aromatic heterocycles. The normalized spacial score (nSPS) is 10.8. The molecule has 0 aromatic carbocycles. The van der Waals surface area contributed by atoms with Gasteiger partial charge in [-0.25, -0.2) is 15.2 Å². The van der Waals surface area contributed by atoms with Gasteiger partial charge in [-0.1, -0.05) is 0 Å². The van der Waals surface area contributed by atoms with Crippen LogP contribution in [-0.2, 0) is 10.0 Å². The summed E-state index contributed by atoms with van der Waals surface area (Å²) in [6.45, 7) is 0. The first kappa shape index (κ1) is 21.6. The van der Waals surface area contributed by atoms with E-state index in [1.807, 2.05) is 0 Å². The lowest BCUT2D eigenvalue weighted by molar-refractivity contribution is 0.0822. The lowest BCUT2D eigenvalue weighted by atomic mass is 10.2. The number of carbonyl (C=O) groups is 2. The fourth-order valence-corrected chi connectivity index (χ4v) is 3.26. The Kier molecular flexibility index (Phi) is 6.38. The van der Waals surface area contributed by atoms with Crippen molar-refractivity contribution < 1.29 is 32.6 Å². The summed E-state index contributed by atoms with van der Waals surface area (Å²) in [4.78, 5) is 36.5. The minimum Gasteiger partial charge on any atom is -0.481 e. The van der Waals surface area contributed by atoms with Crippen LogP contribution in [0.2, 0.25) is 0 Å². The summed E-state index contributed by atoms with van der Waals surface area (Å²) in [5.74, 6) is -1.14. The largest absolute Gasteiger partial charge is 0.481 e. The van der Waals surface area contributed by atoms with E-state index >= 15 is 0 Å². The smallest absolute Gasteiger partial charge is 0.441 e. The van der Waals surface area contributed by atoms with Crippen LogP contribution in [0, 0.1) is 0 Å². The molecule has 13 nitrogen and oxygen atoms in total. The quantitative estimate of drug-likeness (QED) is 0.584. The van der Waals surface area contributed by atoms with Crippen molar-refractivity contribution >= 4 is 28.0 Å². The molecule has 2 rings (SSSR count). The average Bonchev–Trinajstić information content (AvgIpc) is 2.70. The summed E-state index contributed by atoms with van der Waals surface area (Å²) in [5, 5.41) is 8.71. The first-order chi connectivity index (χ1) is 13.6. The van der Waals surface area contributed by atoms with Crippen molar-refractivity contribution in [3.8, 4) is 11.8 Å². The number of nitrogens with one attached hydrogen (secondary N) is 1. The van der Waals surface area contributed by atoms with Crippen molar-refractivity contribution in [3.63, 3.8) is 0 Å². The maximum atomic E-state index is 13.0. The van der Waals surface area contributed by atoms with Crippen molar-refractivity contribution in [2.75, 3.05) is 33.7 Å². The van der Waals surface area contributed by atoms with Crippen molar-refractivity contribution in [1.29, 1.82) is 0 Å². The molecule has 0 spiro atoms. The van der Waals surface area contributed by atoms with Gasteiger partial charge in [-0.3, -0.25) is 4.79 Å². The number of carbonyl (C=O) groups excluding carboxylic acids is 1. The number of nitrogens with zero attached hydrogens (tertiary/aromatic N) is 5. The molecule has 0 saturated carbocycles. The highest BCUT2D eigenvalue weighted by Crippen LogP contribution is 2.22. The Morgan fingerprint density at radius 3 is 2.21 bits per heavy atom. The van der Waals surface area contributed by atoms with Gasteiger partial charge in [-0.05, 0) is 12.1 Å². The summed E-state index contributed by atoms with van der Waals surface area (Å²) < 4.78 is 35.7. The Balaban J connectivity index is 2.54. The monoisotopic (exact) mass is 426 g/mol. The van der Waals surface area contributed by atoms with E-state index in [-0.39, 0.29) is 21.7 Å². The van der Waals surface area contributed by atoms with Crippen LogP contribution in [0.25, 0.3) is 0 Å². The molecule has 0 aliphatic carbocycles. The summed E-state index contributed by atoms with van der Waals surface area (Å²) in [6.07, 6.45) is -0.797. The van der Waals surface area contributed by atoms with E-state index in [1.165, 1.54) is 46.5 Å². The predicted molar refractivity (Wildman–Crippen MR) is 98.1 cm³/mol. The van der Waals surface area contributed by atoms with Gasteiger partial charge in [0.15, 0.2) is 5.03 Å². The number of carboxylic acid groups (broad SMARTS) is 1. The first-order valence-corrected chi connectivity index (χ1v) is 9.24. The molecule has 14 heteroatoms. The van der Waals surface area contributed by atoms with Crippen LogP contribution in [0.3, 0.4) is 0 Å². The minimum atomic E-state index is -4.84. The highest BCUT2D eigenvalue weighted by molar-refractivity contribution is 7.89. The molecule has 29 heavy (non-hydrogen) atoms. The second kappa shape index (κ2) is 8.55. The Bertz CT molecular complexity index is 1010. The van der Waals surface area contributed by atoms with E-state index < -0.39 is 33.0 Å². The lowest BCUT2D eigenvalue weighted by Gasteiger charge is -2.21. The number of hydrazine groups is 1. The van der Waals surface area contributed by atoms with Gasteiger partial charge in [-0.15, -0.1) is 4.41 Å². The molecule has 0 bridgehead atoms. The fraction of sp³-hybridized carbons (Fsp3) is 0.267. The lowest BCUT2D eigenvalue weighted by Crippen LogP contribution is -2.42. The van der Waals surface area contributed by atoms with Crippen molar-refractivity contribution in [2.45, 2.75) is 5.03 Å². The highest BCUT2D eigenvalue weighted by atomic mass is 32.2. The first-order valence-electron chi connectivity index (χ1n) is 7.80. The van der Waals surface area contributed by atoms with Gasteiger partial charge in [0, 0.05) is 20.3 Å². The molecular formula is C15H18N6O7S. The number of anilines is 1. The second-order valence-corrected chi connectivity index (χ2v) is 7.20. The predicted octanol–water partition coefficient (Wildman–Crippen LogP) is 0.286. The number of hydrogen-bond acceptors (Lipinski definition) is 10. The maximum absolute atomic E-state index is 13.0. The maximum Gasteiger partial charge on any atom is 0.441 e. The van der Waals surface area contributed by atoms with Crippen molar-refractivity contribution in [3.05, 3.63) is 30.0 Å². The summed E-state index contributed by atoms with van der Waals surface area (Å²) >= 11 is 0. The van der Waals surface area contributed by atoms with Crippen LogP contribution in [0.5, 0.6) is 11.8 Å². The van der Waals surface area contributed by atoms with Crippen LogP contribution in [-0.4, -0.2) is 78.1 Å². The molecule has 0 atom stereocenters. The fourth-order valence-electron chi connectivity index (χ4n) is 2.05. The van der Waals surface area contributed by atoms with Crippen molar-refractivity contribution in [1.82, 2.24) is 24.3 Å². The Morgan fingerprint density at radius 2 is 1.72 bits per heavy atom. The van der Waals surface area contributed by atoms with Gasteiger partial charge in [0.25, 0.3) is 5.91 Å². The third-order valence-electron chi connectivity index (χ3n) is 3.37. The minimum absolute atomic E-state index is 0.0107. The van der Waals surface area contributed by atoms with Crippen LogP contribution in [0.15, 0.2) is 29.4 Å². The Labute approximate surface area is 165 Å². The third-order valence-corrected chi connectivity index (χ3v) is 4.91. The van der Waals surface area contributed by atoms with Gasteiger partial charge in [0.05, 0.1) is 25.8 Å². The Hall–Kier alpha value is -3.68. The molecule has 2 N–H and O–H groups in total. The van der Waals surface area contributed by atoms with Gasteiger partial charge >= 0.3 is 16.1 Å². The molecule has 0 saturated heterocycles. The molecule has 0 unspecified atom stereocenters. The molecule has 2 amide bonds. The van der Waals surface area contributed by atoms with Crippen LogP contribution in [0.1, 0.15) is 10.4 Å².